The second kappa shape index (κ2) is 4.49. The lowest BCUT2D eigenvalue weighted by Gasteiger charge is -2.12. The zero-order chi connectivity index (χ0) is 12.5. The van der Waals surface area contributed by atoms with Gasteiger partial charge in [-0.05, 0) is 24.1 Å². The Balaban J connectivity index is 1.62. The maximum absolute atomic E-state index is 11.7. The van der Waals surface area contributed by atoms with Crippen LogP contribution in [0.5, 0.6) is 11.5 Å². The smallest absolute Gasteiger partial charge is 0.239 e. The molecule has 3 rings (SSSR count). The van der Waals surface area contributed by atoms with Crippen LogP contribution >= 0.6 is 0 Å². The van der Waals surface area contributed by atoms with Crippen LogP contribution in [-0.4, -0.2) is 37.2 Å². The molecule has 2 aliphatic heterocycles. The number of carbonyl (C=O) groups excluding carboxylic acids is 1. The number of rotatable bonds is 3. The van der Waals surface area contributed by atoms with Crippen LogP contribution in [0.15, 0.2) is 18.2 Å². The largest absolute Gasteiger partial charge is 0.454 e. The van der Waals surface area contributed by atoms with E-state index >= 15 is 0 Å². The van der Waals surface area contributed by atoms with Gasteiger partial charge in [0.25, 0.3) is 0 Å². The Labute approximate surface area is 106 Å². The summed E-state index contributed by atoms with van der Waals surface area (Å²) in [6, 6.07) is 5.80. The lowest BCUT2D eigenvalue weighted by Crippen LogP contribution is -2.36. The lowest BCUT2D eigenvalue weighted by atomic mass is 10.1. The molecule has 1 amide bonds. The third kappa shape index (κ3) is 2.01. The fourth-order valence-electron chi connectivity index (χ4n) is 2.30. The van der Waals surface area contributed by atoms with Gasteiger partial charge in [-0.2, -0.15) is 0 Å². The fraction of sp³-hybridized carbons (Fsp3) is 0.462. The van der Waals surface area contributed by atoms with Crippen molar-refractivity contribution in [2.24, 2.45) is 0 Å². The standard InChI is InChI=1S/C13H16N2O3/c1-15-5-4-10(13(15)16)14-7-9-2-3-11-12(6-9)18-8-17-11/h2-3,6,10,14H,4-5,7-8H2,1H3. The van der Waals surface area contributed by atoms with Gasteiger partial charge in [0.2, 0.25) is 12.7 Å². The minimum atomic E-state index is -0.0552. The van der Waals surface area contributed by atoms with E-state index in [1.54, 1.807) is 4.90 Å². The maximum atomic E-state index is 11.7. The normalized spacial score (nSPS) is 21.7. The Hall–Kier alpha value is -1.75. The van der Waals surface area contributed by atoms with Gasteiger partial charge in [-0.1, -0.05) is 6.07 Å². The van der Waals surface area contributed by atoms with E-state index in [0.29, 0.717) is 6.54 Å². The molecule has 1 aromatic carbocycles. The van der Waals surface area contributed by atoms with Crippen molar-refractivity contribution in [3.05, 3.63) is 23.8 Å². The van der Waals surface area contributed by atoms with E-state index in [4.69, 9.17) is 9.47 Å². The van der Waals surface area contributed by atoms with Gasteiger partial charge in [0.1, 0.15) is 0 Å². The number of carbonyl (C=O) groups is 1. The van der Waals surface area contributed by atoms with Crippen molar-refractivity contribution >= 4 is 5.91 Å². The van der Waals surface area contributed by atoms with Crippen LogP contribution in [0.4, 0.5) is 0 Å². The predicted molar refractivity (Wildman–Crippen MR) is 65.4 cm³/mol. The first-order valence-corrected chi connectivity index (χ1v) is 6.11. The monoisotopic (exact) mass is 248 g/mol. The molecular weight excluding hydrogens is 232 g/mol. The molecule has 0 radical (unpaired) electrons. The van der Waals surface area contributed by atoms with Crippen LogP contribution in [0.25, 0.3) is 0 Å². The van der Waals surface area contributed by atoms with Crippen LogP contribution in [-0.2, 0) is 11.3 Å². The number of hydrogen-bond donors (Lipinski definition) is 1. The number of likely N-dealkylation sites (N-methyl/N-ethyl adjacent to an activating group) is 1. The van der Waals surface area contributed by atoms with Crippen molar-refractivity contribution in [3.63, 3.8) is 0 Å². The number of ether oxygens (including phenoxy) is 2. The van der Waals surface area contributed by atoms with Crippen molar-refractivity contribution in [1.29, 1.82) is 0 Å². The Morgan fingerprint density at radius 2 is 2.22 bits per heavy atom. The quantitative estimate of drug-likeness (QED) is 0.857. The summed E-state index contributed by atoms with van der Waals surface area (Å²) in [5.74, 6) is 1.75. The van der Waals surface area contributed by atoms with Crippen LogP contribution < -0.4 is 14.8 Å². The molecule has 0 aliphatic carbocycles. The summed E-state index contributed by atoms with van der Waals surface area (Å²) in [5, 5.41) is 3.28. The van der Waals surface area contributed by atoms with Crippen molar-refractivity contribution in [3.8, 4) is 11.5 Å². The molecule has 1 saturated heterocycles. The van der Waals surface area contributed by atoms with Crippen LogP contribution in [0.1, 0.15) is 12.0 Å². The average molecular weight is 248 g/mol. The highest BCUT2D eigenvalue weighted by Gasteiger charge is 2.28. The molecular formula is C13H16N2O3. The predicted octanol–water partition coefficient (Wildman–Crippen LogP) is 0.736. The van der Waals surface area contributed by atoms with Gasteiger partial charge in [0.15, 0.2) is 11.5 Å². The zero-order valence-electron chi connectivity index (χ0n) is 10.3. The minimum Gasteiger partial charge on any atom is -0.454 e. The molecule has 0 saturated carbocycles. The van der Waals surface area contributed by atoms with Crippen LogP contribution in [0.3, 0.4) is 0 Å². The number of hydrogen-bond acceptors (Lipinski definition) is 4. The molecule has 5 heteroatoms. The molecule has 0 bridgehead atoms. The second-order valence-corrected chi connectivity index (χ2v) is 4.67. The van der Waals surface area contributed by atoms with E-state index in [1.807, 2.05) is 25.2 Å². The fourth-order valence-corrected chi connectivity index (χ4v) is 2.30. The highest BCUT2D eigenvalue weighted by molar-refractivity contribution is 5.83. The Kier molecular flexibility index (Phi) is 2.83. The zero-order valence-corrected chi connectivity index (χ0v) is 10.3. The molecule has 1 unspecified atom stereocenters. The first kappa shape index (κ1) is 11.3. The number of fused-ring (bicyclic) bond motifs is 1. The molecule has 0 aromatic heterocycles. The van der Waals surface area contributed by atoms with Crippen molar-refractivity contribution in [1.82, 2.24) is 10.2 Å². The molecule has 2 heterocycles. The molecule has 2 aliphatic rings. The van der Waals surface area contributed by atoms with E-state index in [2.05, 4.69) is 5.32 Å². The number of likely N-dealkylation sites (tertiary alicyclic amines) is 1. The molecule has 96 valence electrons. The van der Waals surface area contributed by atoms with E-state index < -0.39 is 0 Å². The molecule has 5 nitrogen and oxygen atoms in total. The second-order valence-electron chi connectivity index (χ2n) is 4.67. The third-order valence-corrected chi connectivity index (χ3v) is 3.42. The minimum absolute atomic E-state index is 0.0552. The molecule has 1 N–H and O–H groups in total. The number of amides is 1. The van der Waals surface area contributed by atoms with Gasteiger partial charge in [0.05, 0.1) is 6.04 Å². The van der Waals surface area contributed by atoms with Crippen LogP contribution in [0, 0.1) is 0 Å². The van der Waals surface area contributed by atoms with Gasteiger partial charge in [-0.25, -0.2) is 0 Å². The van der Waals surface area contributed by atoms with Crippen molar-refractivity contribution in [2.75, 3.05) is 20.4 Å². The first-order valence-electron chi connectivity index (χ1n) is 6.11. The average Bonchev–Trinajstić information content (AvgIpc) is 2.96. The molecule has 1 aromatic rings. The first-order chi connectivity index (χ1) is 8.74. The summed E-state index contributed by atoms with van der Waals surface area (Å²) in [6.07, 6.45) is 0.875. The lowest BCUT2D eigenvalue weighted by molar-refractivity contribution is -0.128. The van der Waals surface area contributed by atoms with Gasteiger partial charge >= 0.3 is 0 Å². The number of benzene rings is 1. The molecule has 18 heavy (non-hydrogen) atoms. The van der Waals surface area contributed by atoms with E-state index in [9.17, 15) is 4.79 Å². The SMILES string of the molecule is CN1CCC(NCc2ccc3c(c2)OCO3)C1=O. The van der Waals surface area contributed by atoms with Gasteiger partial charge in [-0.3, -0.25) is 4.79 Å². The van der Waals surface area contributed by atoms with Crippen molar-refractivity contribution in [2.45, 2.75) is 19.0 Å². The molecule has 1 fully saturated rings. The van der Waals surface area contributed by atoms with Gasteiger partial charge < -0.3 is 19.7 Å². The highest BCUT2D eigenvalue weighted by atomic mass is 16.7. The Morgan fingerprint density at radius 1 is 1.39 bits per heavy atom. The topological polar surface area (TPSA) is 50.8 Å². The van der Waals surface area contributed by atoms with Crippen molar-refractivity contribution < 1.29 is 14.3 Å². The molecule has 0 spiro atoms. The number of nitrogens with zero attached hydrogens (tertiary/aromatic N) is 1. The summed E-state index contributed by atoms with van der Waals surface area (Å²) in [5.41, 5.74) is 1.10. The van der Waals surface area contributed by atoms with Gasteiger partial charge in [0, 0.05) is 20.1 Å². The van der Waals surface area contributed by atoms with E-state index in [0.717, 1.165) is 30.0 Å². The summed E-state index contributed by atoms with van der Waals surface area (Å²) >= 11 is 0. The highest BCUT2D eigenvalue weighted by Crippen LogP contribution is 2.32. The van der Waals surface area contributed by atoms with Gasteiger partial charge in [-0.15, -0.1) is 0 Å². The summed E-state index contributed by atoms with van der Waals surface area (Å²) in [4.78, 5) is 13.5. The summed E-state index contributed by atoms with van der Waals surface area (Å²) in [7, 11) is 1.84. The van der Waals surface area contributed by atoms with E-state index in [-0.39, 0.29) is 18.7 Å². The van der Waals surface area contributed by atoms with E-state index in [1.165, 1.54) is 0 Å². The third-order valence-electron chi connectivity index (χ3n) is 3.42. The Morgan fingerprint density at radius 3 is 3.00 bits per heavy atom. The summed E-state index contributed by atoms with van der Waals surface area (Å²) < 4.78 is 10.6. The van der Waals surface area contributed by atoms with Crippen LogP contribution in [0.2, 0.25) is 0 Å². The maximum Gasteiger partial charge on any atom is 0.239 e. The molecule has 1 atom stereocenters. The number of nitrogens with one attached hydrogen (secondary N) is 1. The summed E-state index contributed by atoms with van der Waals surface area (Å²) in [6.45, 7) is 1.79. The Bertz CT molecular complexity index is 475.